The second-order valence-electron chi connectivity index (χ2n) is 3.71. The van der Waals surface area contributed by atoms with Crippen molar-refractivity contribution in [2.45, 2.75) is 25.7 Å². The first-order valence-electron chi connectivity index (χ1n) is 5.34. The largest absolute Gasteiger partial charge is 0.476 e. The van der Waals surface area contributed by atoms with Crippen LogP contribution in [0.1, 0.15) is 29.7 Å². The van der Waals surface area contributed by atoms with Gasteiger partial charge >= 0.3 is 0 Å². The predicted molar refractivity (Wildman–Crippen MR) is 59.9 cm³/mol. The number of nitrogens with zero attached hydrogens (tertiary/aromatic N) is 2. The van der Waals surface area contributed by atoms with Gasteiger partial charge in [0.05, 0.1) is 0 Å². The van der Waals surface area contributed by atoms with Crippen LogP contribution in [0.4, 0.5) is 0 Å². The molecular formula is C13H12N2O. The van der Waals surface area contributed by atoms with Gasteiger partial charge in [0.2, 0.25) is 5.88 Å². The van der Waals surface area contributed by atoms with Gasteiger partial charge in [0.1, 0.15) is 18.2 Å². The first kappa shape index (κ1) is 10.5. The van der Waals surface area contributed by atoms with Gasteiger partial charge in [0.25, 0.3) is 0 Å². The molecule has 0 aromatic carbocycles. The molecular weight excluding hydrogens is 200 g/mol. The number of fused-ring (bicyclic) bond motifs is 1. The summed E-state index contributed by atoms with van der Waals surface area (Å²) in [7, 11) is 0. The van der Waals surface area contributed by atoms with E-state index in [2.05, 4.69) is 17.0 Å². The minimum atomic E-state index is 0.414. The normalized spacial score (nSPS) is 12.6. The molecule has 1 heterocycles. The van der Waals surface area contributed by atoms with Crippen LogP contribution < -0.4 is 4.74 Å². The van der Waals surface area contributed by atoms with E-state index in [-0.39, 0.29) is 0 Å². The smallest absolute Gasteiger partial charge is 0.231 e. The van der Waals surface area contributed by atoms with Gasteiger partial charge in [0, 0.05) is 12.1 Å². The molecule has 3 nitrogen and oxygen atoms in total. The van der Waals surface area contributed by atoms with Crippen LogP contribution in [0.25, 0.3) is 0 Å². The van der Waals surface area contributed by atoms with Gasteiger partial charge in [-0.25, -0.2) is 4.98 Å². The van der Waals surface area contributed by atoms with Gasteiger partial charge in [-0.05, 0) is 30.9 Å². The van der Waals surface area contributed by atoms with E-state index in [4.69, 9.17) is 16.4 Å². The number of pyridine rings is 1. The van der Waals surface area contributed by atoms with Gasteiger partial charge < -0.3 is 4.74 Å². The van der Waals surface area contributed by atoms with E-state index in [1.54, 1.807) is 0 Å². The molecule has 80 valence electrons. The van der Waals surface area contributed by atoms with Crippen molar-refractivity contribution < 1.29 is 4.74 Å². The third-order valence-corrected chi connectivity index (χ3v) is 2.62. The molecule has 1 aromatic heterocycles. The Morgan fingerprint density at radius 2 is 2.38 bits per heavy atom. The monoisotopic (exact) mass is 212 g/mol. The summed E-state index contributed by atoms with van der Waals surface area (Å²) in [5.41, 5.74) is 2.76. The van der Waals surface area contributed by atoms with Crippen molar-refractivity contribution in [3.05, 3.63) is 22.9 Å². The van der Waals surface area contributed by atoms with Crippen LogP contribution in [0.15, 0.2) is 6.07 Å². The molecule has 0 aliphatic heterocycles. The maximum absolute atomic E-state index is 9.00. The average molecular weight is 212 g/mol. The lowest BCUT2D eigenvalue weighted by atomic mass is 10.1. The molecule has 2 rings (SSSR count). The van der Waals surface area contributed by atoms with E-state index in [0.717, 1.165) is 25.0 Å². The first-order chi connectivity index (χ1) is 7.85. The fraction of sp³-hybridized carbons (Fsp3) is 0.385. The SMILES string of the molecule is C#CCCOc1nc2c(cc1C#N)CCC2. The topological polar surface area (TPSA) is 45.9 Å². The summed E-state index contributed by atoms with van der Waals surface area (Å²) in [6.45, 7) is 0.414. The van der Waals surface area contributed by atoms with Gasteiger partial charge in [-0.3, -0.25) is 0 Å². The van der Waals surface area contributed by atoms with Crippen LogP contribution in [-0.4, -0.2) is 11.6 Å². The van der Waals surface area contributed by atoms with E-state index in [1.165, 1.54) is 5.56 Å². The number of terminal acetylenes is 1. The molecule has 1 aromatic rings. The fourth-order valence-electron chi connectivity index (χ4n) is 1.85. The second-order valence-corrected chi connectivity index (χ2v) is 3.71. The Balaban J connectivity index is 2.24. The summed E-state index contributed by atoms with van der Waals surface area (Å²) in [6, 6.07) is 4.00. The maximum atomic E-state index is 9.00. The number of aromatic nitrogens is 1. The Bertz CT molecular complexity index is 480. The Kier molecular flexibility index (Phi) is 3.08. The number of hydrogen-bond acceptors (Lipinski definition) is 3. The highest BCUT2D eigenvalue weighted by molar-refractivity contribution is 5.44. The van der Waals surface area contributed by atoms with Crippen molar-refractivity contribution >= 4 is 0 Å². The van der Waals surface area contributed by atoms with Gasteiger partial charge in [-0.1, -0.05) is 0 Å². The summed E-state index contributed by atoms with van der Waals surface area (Å²) in [4.78, 5) is 4.38. The molecule has 0 saturated heterocycles. The molecule has 3 heteroatoms. The van der Waals surface area contributed by atoms with Crippen LogP contribution >= 0.6 is 0 Å². The summed E-state index contributed by atoms with van der Waals surface area (Å²) in [5, 5.41) is 9.00. The maximum Gasteiger partial charge on any atom is 0.231 e. The Morgan fingerprint density at radius 1 is 1.50 bits per heavy atom. The minimum Gasteiger partial charge on any atom is -0.476 e. The van der Waals surface area contributed by atoms with Crippen LogP contribution in [0.2, 0.25) is 0 Å². The van der Waals surface area contributed by atoms with E-state index in [1.807, 2.05) is 6.07 Å². The summed E-state index contributed by atoms with van der Waals surface area (Å²) in [5.74, 6) is 2.92. The Morgan fingerprint density at radius 3 is 3.12 bits per heavy atom. The van der Waals surface area contributed by atoms with Crippen molar-refractivity contribution in [3.63, 3.8) is 0 Å². The van der Waals surface area contributed by atoms with Crippen molar-refractivity contribution in [1.29, 1.82) is 5.26 Å². The number of aryl methyl sites for hydroxylation is 2. The lowest BCUT2D eigenvalue weighted by molar-refractivity contribution is 0.312. The quantitative estimate of drug-likeness (QED) is 0.567. The zero-order valence-electron chi connectivity index (χ0n) is 8.99. The highest BCUT2D eigenvalue weighted by Gasteiger charge is 2.16. The van der Waals surface area contributed by atoms with Crippen LogP contribution in [0.5, 0.6) is 5.88 Å². The number of nitriles is 1. The standard InChI is InChI=1S/C13H12N2O/c1-2-3-7-16-13-11(9-14)8-10-5-4-6-12(10)15-13/h1,8H,3-7H2. The van der Waals surface area contributed by atoms with Crippen LogP contribution in [0, 0.1) is 23.7 Å². The van der Waals surface area contributed by atoms with Crippen molar-refractivity contribution in [2.24, 2.45) is 0 Å². The van der Waals surface area contributed by atoms with Crippen molar-refractivity contribution in [1.82, 2.24) is 4.98 Å². The zero-order chi connectivity index (χ0) is 11.4. The molecule has 0 unspecified atom stereocenters. The molecule has 0 saturated carbocycles. The van der Waals surface area contributed by atoms with E-state index in [9.17, 15) is 0 Å². The average Bonchev–Trinajstić information content (AvgIpc) is 2.75. The van der Waals surface area contributed by atoms with Gasteiger partial charge in [-0.15, -0.1) is 12.3 Å². The minimum absolute atomic E-state index is 0.414. The lowest BCUT2D eigenvalue weighted by Gasteiger charge is -2.07. The first-order valence-corrected chi connectivity index (χ1v) is 5.34. The second kappa shape index (κ2) is 4.68. The lowest BCUT2D eigenvalue weighted by Crippen LogP contribution is -2.02. The molecule has 0 radical (unpaired) electrons. The summed E-state index contributed by atoms with van der Waals surface area (Å²) in [6.07, 6.45) is 8.78. The van der Waals surface area contributed by atoms with Gasteiger partial charge in [-0.2, -0.15) is 5.26 Å². The van der Waals surface area contributed by atoms with E-state index in [0.29, 0.717) is 24.5 Å². The third-order valence-electron chi connectivity index (χ3n) is 2.62. The zero-order valence-corrected chi connectivity index (χ0v) is 8.99. The van der Waals surface area contributed by atoms with Crippen LogP contribution in [0.3, 0.4) is 0 Å². The number of rotatable bonds is 3. The highest BCUT2D eigenvalue weighted by atomic mass is 16.5. The van der Waals surface area contributed by atoms with E-state index < -0.39 is 0 Å². The number of ether oxygens (including phenoxy) is 1. The summed E-state index contributed by atoms with van der Waals surface area (Å²) < 4.78 is 5.42. The van der Waals surface area contributed by atoms with Crippen LogP contribution in [-0.2, 0) is 12.8 Å². The molecule has 0 amide bonds. The van der Waals surface area contributed by atoms with Crippen molar-refractivity contribution in [2.75, 3.05) is 6.61 Å². The van der Waals surface area contributed by atoms with Crippen molar-refractivity contribution in [3.8, 4) is 24.3 Å². The molecule has 0 N–H and O–H groups in total. The molecule has 0 atom stereocenters. The molecule has 0 fully saturated rings. The molecule has 1 aliphatic carbocycles. The molecule has 16 heavy (non-hydrogen) atoms. The predicted octanol–water partition coefficient (Wildman–Crippen LogP) is 1.84. The molecule has 0 spiro atoms. The number of hydrogen-bond donors (Lipinski definition) is 0. The Labute approximate surface area is 95.1 Å². The molecule has 1 aliphatic rings. The summed E-state index contributed by atoms with van der Waals surface area (Å²) >= 11 is 0. The van der Waals surface area contributed by atoms with Gasteiger partial charge in [0.15, 0.2) is 0 Å². The third kappa shape index (κ3) is 1.99. The molecule has 0 bridgehead atoms. The fourth-order valence-corrected chi connectivity index (χ4v) is 1.85. The highest BCUT2D eigenvalue weighted by Crippen LogP contribution is 2.26. The Hall–Kier alpha value is -2.00. The van der Waals surface area contributed by atoms with E-state index >= 15 is 0 Å².